The molecule has 1 unspecified atom stereocenters. The SMILES string of the molecule is Cc1ccc(Br)c(C)c1C(NC(=O)OCC1c2ccccc2-c2ccccc21)C(=O)O. The Morgan fingerprint density at radius 1 is 1.00 bits per heavy atom. The third kappa shape index (κ3) is 3.95. The van der Waals surface area contributed by atoms with Crippen LogP contribution in [-0.2, 0) is 9.53 Å². The van der Waals surface area contributed by atoms with Crippen LogP contribution >= 0.6 is 15.9 Å². The number of ether oxygens (including phenoxy) is 1. The van der Waals surface area contributed by atoms with Gasteiger partial charge in [-0.15, -0.1) is 0 Å². The fraction of sp³-hybridized carbons (Fsp3) is 0.200. The largest absolute Gasteiger partial charge is 0.479 e. The van der Waals surface area contributed by atoms with Crippen molar-refractivity contribution in [2.75, 3.05) is 6.61 Å². The van der Waals surface area contributed by atoms with E-state index in [2.05, 4.69) is 33.4 Å². The lowest BCUT2D eigenvalue weighted by molar-refractivity contribution is -0.139. The van der Waals surface area contributed by atoms with Gasteiger partial charge in [-0.25, -0.2) is 9.59 Å². The molecule has 1 atom stereocenters. The van der Waals surface area contributed by atoms with Crippen molar-refractivity contribution in [2.24, 2.45) is 0 Å². The second-order valence-corrected chi connectivity index (χ2v) is 8.50. The number of aryl methyl sites for hydroxylation is 1. The minimum absolute atomic E-state index is 0.0872. The van der Waals surface area contributed by atoms with Crippen LogP contribution in [0.3, 0.4) is 0 Å². The third-order valence-corrected chi connectivity index (χ3v) is 6.67. The van der Waals surface area contributed by atoms with Gasteiger partial charge < -0.3 is 15.2 Å². The molecule has 0 heterocycles. The molecule has 3 aromatic rings. The van der Waals surface area contributed by atoms with E-state index in [1.165, 1.54) is 0 Å². The van der Waals surface area contributed by atoms with Crippen LogP contribution in [0.1, 0.15) is 39.8 Å². The van der Waals surface area contributed by atoms with Crippen molar-refractivity contribution < 1.29 is 19.4 Å². The normalized spacial score (nSPS) is 13.3. The number of fused-ring (bicyclic) bond motifs is 3. The average Bonchev–Trinajstić information content (AvgIpc) is 3.08. The van der Waals surface area contributed by atoms with Gasteiger partial charge in [-0.2, -0.15) is 0 Å². The lowest BCUT2D eigenvalue weighted by atomic mass is 9.96. The minimum Gasteiger partial charge on any atom is -0.479 e. The van der Waals surface area contributed by atoms with Gasteiger partial charge in [-0.1, -0.05) is 70.5 Å². The molecule has 6 heteroatoms. The van der Waals surface area contributed by atoms with E-state index >= 15 is 0 Å². The van der Waals surface area contributed by atoms with Gasteiger partial charge in [0.1, 0.15) is 6.61 Å². The zero-order valence-corrected chi connectivity index (χ0v) is 18.8. The van der Waals surface area contributed by atoms with Gasteiger partial charge in [0.2, 0.25) is 0 Å². The van der Waals surface area contributed by atoms with Crippen LogP contribution in [-0.4, -0.2) is 23.8 Å². The Hall–Kier alpha value is -3.12. The summed E-state index contributed by atoms with van der Waals surface area (Å²) < 4.78 is 6.31. The van der Waals surface area contributed by atoms with E-state index in [1.807, 2.05) is 62.4 Å². The fourth-order valence-corrected chi connectivity index (χ4v) is 4.64. The highest BCUT2D eigenvalue weighted by Gasteiger charge is 2.31. The number of carbonyl (C=O) groups is 2. The minimum atomic E-state index is -1.20. The summed E-state index contributed by atoms with van der Waals surface area (Å²) in [6.45, 7) is 3.77. The number of hydrogen-bond acceptors (Lipinski definition) is 3. The van der Waals surface area contributed by atoms with Crippen molar-refractivity contribution in [3.05, 3.63) is 93.0 Å². The van der Waals surface area contributed by atoms with Gasteiger partial charge in [0.15, 0.2) is 6.04 Å². The van der Waals surface area contributed by atoms with Crippen LogP contribution in [0.15, 0.2) is 65.1 Å². The highest BCUT2D eigenvalue weighted by atomic mass is 79.9. The maximum atomic E-state index is 12.6. The van der Waals surface area contributed by atoms with Gasteiger partial charge in [0, 0.05) is 10.4 Å². The Bertz CT molecular complexity index is 1130. The van der Waals surface area contributed by atoms with E-state index in [0.717, 1.165) is 37.9 Å². The number of hydrogen-bond donors (Lipinski definition) is 2. The first-order chi connectivity index (χ1) is 14.9. The summed E-state index contributed by atoms with van der Waals surface area (Å²) >= 11 is 3.43. The Balaban J connectivity index is 1.53. The first-order valence-electron chi connectivity index (χ1n) is 9.98. The molecule has 0 fully saturated rings. The number of amides is 1. The number of rotatable bonds is 5. The van der Waals surface area contributed by atoms with Crippen LogP contribution in [0, 0.1) is 13.8 Å². The molecule has 0 aliphatic heterocycles. The summed E-state index contributed by atoms with van der Waals surface area (Å²) in [5.74, 6) is -1.23. The topological polar surface area (TPSA) is 75.6 Å². The Morgan fingerprint density at radius 2 is 1.58 bits per heavy atom. The Kier molecular flexibility index (Phi) is 5.83. The number of benzene rings is 3. The van der Waals surface area contributed by atoms with E-state index < -0.39 is 18.1 Å². The molecule has 0 saturated carbocycles. The fourth-order valence-electron chi connectivity index (χ4n) is 4.30. The number of aliphatic carboxylic acids is 1. The van der Waals surface area contributed by atoms with Crippen molar-refractivity contribution in [1.29, 1.82) is 0 Å². The molecular formula is C25H22BrNO4. The molecule has 0 radical (unpaired) electrons. The molecule has 1 aliphatic rings. The summed E-state index contributed by atoms with van der Waals surface area (Å²) in [7, 11) is 0. The second kappa shape index (κ2) is 8.55. The van der Waals surface area contributed by atoms with Crippen LogP contribution in [0.4, 0.5) is 4.79 Å². The van der Waals surface area contributed by atoms with Crippen molar-refractivity contribution >= 4 is 28.0 Å². The van der Waals surface area contributed by atoms with Gasteiger partial charge in [0.05, 0.1) is 0 Å². The lowest BCUT2D eigenvalue weighted by Crippen LogP contribution is -2.35. The molecule has 1 amide bonds. The van der Waals surface area contributed by atoms with Crippen molar-refractivity contribution in [3.8, 4) is 11.1 Å². The number of carboxylic acid groups (broad SMARTS) is 1. The second-order valence-electron chi connectivity index (χ2n) is 7.64. The predicted octanol–water partition coefficient (Wildman–Crippen LogP) is 5.73. The van der Waals surface area contributed by atoms with Crippen LogP contribution in [0.5, 0.6) is 0 Å². The summed E-state index contributed by atoms with van der Waals surface area (Å²) in [6, 6.07) is 18.6. The number of alkyl carbamates (subject to hydrolysis) is 1. The average molecular weight is 480 g/mol. The lowest BCUT2D eigenvalue weighted by Gasteiger charge is -2.21. The molecule has 0 saturated heterocycles. The van der Waals surface area contributed by atoms with Gasteiger partial charge in [0.25, 0.3) is 0 Å². The molecular weight excluding hydrogens is 458 g/mol. The molecule has 4 rings (SSSR count). The quantitative estimate of drug-likeness (QED) is 0.489. The van der Waals surface area contributed by atoms with Crippen molar-refractivity contribution in [3.63, 3.8) is 0 Å². The molecule has 31 heavy (non-hydrogen) atoms. The molecule has 0 bridgehead atoms. The van der Waals surface area contributed by atoms with E-state index in [0.29, 0.717) is 5.56 Å². The first kappa shape index (κ1) is 21.1. The van der Waals surface area contributed by atoms with Crippen LogP contribution < -0.4 is 5.32 Å². The zero-order valence-electron chi connectivity index (χ0n) is 17.2. The molecule has 3 aromatic carbocycles. The standard InChI is InChI=1S/C25H22BrNO4/c1-14-11-12-21(26)15(2)22(14)23(24(28)29)27-25(30)31-13-20-18-9-5-3-7-16(18)17-8-4-6-10-19(17)20/h3-12,20,23H,13H2,1-2H3,(H,27,30)(H,28,29). The summed E-state index contributed by atoms with van der Waals surface area (Å²) in [6.07, 6.45) is -0.756. The predicted molar refractivity (Wildman–Crippen MR) is 122 cm³/mol. The van der Waals surface area contributed by atoms with Gasteiger partial charge in [-0.05, 0) is 58.9 Å². The summed E-state index contributed by atoms with van der Waals surface area (Å²) in [5.41, 5.74) is 6.58. The van der Waals surface area contributed by atoms with E-state index in [9.17, 15) is 14.7 Å². The van der Waals surface area contributed by atoms with E-state index in [-0.39, 0.29) is 12.5 Å². The van der Waals surface area contributed by atoms with Crippen LogP contribution in [0.2, 0.25) is 0 Å². The third-order valence-electron chi connectivity index (χ3n) is 5.81. The Morgan fingerprint density at radius 3 is 2.16 bits per heavy atom. The number of nitrogens with one attached hydrogen (secondary N) is 1. The molecule has 0 spiro atoms. The monoisotopic (exact) mass is 479 g/mol. The maximum Gasteiger partial charge on any atom is 0.408 e. The van der Waals surface area contributed by atoms with Gasteiger partial charge in [-0.3, -0.25) is 0 Å². The number of halogens is 1. The van der Waals surface area contributed by atoms with Crippen LogP contribution in [0.25, 0.3) is 11.1 Å². The van der Waals surface area contributed by atoms with E-state index in [4.69, 9.17) is 4.74 Å². The number of carbonyl (C=O) groups excluding carboxylic acids is 1. The van der Waals surface area contributed by atoms with Gasteiger partial charge >= 0.3 is 12.1 Å². The first-order valence-corrected chi connectivity index (χ1v) is 10.8. The smallest absolute Gasteiger partial charge is 0.408 e. The van der Waals surface area contributed by atoms with E-state index in [1.54, 1.807) is 0 Å². The Labute approximate surface area is 189 Å². The summed E-state index contributed by atoms with van der Waals surface area (Å²) in [4.78, 5) is 24.6. The number of carboxylic acids is 1. The zero-order chi connectivity index (χ0) is 22.1. The molecule has 158 valence electrons. The highest BCUT2D eigenvalue weighted by molar-refractivity contribution is 9.10. The van der Waals surface area contributed by atoms with Crippen molar-refractivity contribution in [1.82, 2.24) is 5.32 Å². The molecule has 1 aliphatic carbocycles. The molecule has 0 aromatic heterocycles. The van der Waals surface area contributed by atoms with Crippen molar-refractivity contribution in [2.45, 2.75) is 25.8 Å². The molecule has 2 N–H and O–H groups in total. The summed E-state index contributed by atoms with van der Waals surface area (Å²) in [5, 5.41) is 12.3. The maximum absolute atomic E-state index is 12.6. The molecule has 5 nitrogen and oxygen atoms in total. The highest BCUT2D eigenvalue weighted by Crippen LogP contribution is 2.44.